The highest BCUT2D eigenvalue weighted by atomic mass is 32.2. The Morgan fingerprint density at radius 3 is 2.57 bits per heavy atom. The van der Waals surface area contributed by atoms with Crippen LogP contribution in [0.25, 0.3) is 0 Å². The first kappa shape index (κ1) is 12.8. The highest BCUT2D eigenvalue weighted by molar-refractivity contribution is 8.22. The fourth-order valence-corrected chi connectivity index (χ4v) is 0.583. The second kappa shape index (κ2) is 7.27. The van der Waals surface area contributed by atoms with E-state index in [1.54, 1.807) is 6.92 Å². The van der Waals surface area contributed by atoms with Crippen molar-refractivity contribution in [1.29, 1.82) is 0 Å². The predicted octanol–water partition coefficient (Wildman–Crippen LogP) is -0.141. The zero-order chi connectivity index (χ0) is 11.0. The fourth-order valence-electron chi connectivity index (χ4n) is 0.386. The second-order valence-electron chi connectivity index (χ2n) is 2.13. The van der Waals surface area contributed by atoms with E-state index in [2.05, 4.69) is 20.7 Å². The molecule has 78 valence electrons. The van der Waals surface area contributed by atoms with Crippen LogP contribution in [0.2, 0.25) is 0 Å². The van der Waals surface area contributed by atoms with Gasteiger partial charge in [-0.2, -0.15) is 10.2 Å². The molecule has 0 aliphatic heterocycles. The van der Waals surface area contributed by atoms with E-state index in [0.717, 1.165) is 0 Å². The molecule has 5 N–H and O–H groups in total. The molecular formula is C6H12N6S2. The Hall–Kier alpha value is -1.15. The molecule has 0 amide bonds. The van der Waals surface area contributed by atoms with Crippen LogP contribution in [0, 0.1) is 0 Å². The highest BCUT2D eigenvalue weighted by Gasteiger charge is 1.87. The summed E-state index contributed by atoms with van der Waals surface area (Å²) in [7, 11) is 0. The van der Waals surface area contributed by atoms with Gasteiger partial charge in [-0.15, -0.1) is 5.10 Å². The standard InChI is InChI=1S/C6H12N6S2/c1-4(10-11-5(7)8)3-9-12-6(13)14-2/h3H,1-2H3,(H,12,13)(H4,7,8,11)/b9-3-,10-4-. The van der Waals surface area contributed by atoms with Gasteiger partial charge >= 0.3 is 0 Å². The molecule has 0 rings (SSSR count). The summed E-state index contributed by atoms with van der Waals surface area (Å²) in [4.78, 5) is 0. The zero-order valence-electron chi connectivity index (χ0n) is 7.89. The van der Waals surface area contributed by atoms with Crippen LogP contribution in [0.15, 0.2) is 15.3 Å². The molecule has 0 saturated carbocycles. The van der Waals surface area contributed by atoms with E-state index in [9.17, 15) is 0 Å². The summed E-state index contributed by atoms with van der Waals surface area (Å²) in [5, 5.41) is 10.9. The summed E-state index contributed by atoms with van der Waals surface area (Å²) < 4.78 is 0.580. The van der Waals surface area contributed by atoms with Crippen LogP contribution in [0.5, 0.6) is 0 Å². The van der Waals surface area contributed by atoms with Crippen molar-refractivity contribution < 1.29 is 0 Å². The maximum atomic E-state index is 5.08. The summed E-state index contributed by atoms with van der Waals surface area (Å²) >= 11 is 6.24. The van der Waals surface area contributed by atoms with Gasteiger partial charge in [-0.05, 0) is 13.2 Å². The van der Waals surface area contributed by atoms with E-state index in [1.807, 2.05) is 6.26 Å². The number of nitrogens with one attached hydrogen (secondary N) is 1. The molecule has 0 atom stereocenters. The van der Waals surface area contributed by atoms with Crippen molar-refractivity contribution in [2.45, 2.75) is 6.92 Å². The van der Waals surface area contributed by atoms with E-state index in [4.69, 9.17) is 23.7 Å². The lowest BCUT2D eigenvalue weighted by molar-refractivity contribution is 1.08. The highest BCUT2D eigenvalue weighted by Crippen LogP contribution is 1.92. The average Bonchev–Trinajstić information content (AvgIpc) is 2.14. The molecule has 6 nitrogen and oxygen atoms in total. The quantitative estimate of drug-likeness (QED) is 0.272. The zero-order valence-corrected chi connectivity index (χ0v) is 9.52. The lowest BCUT2D eigenvalue weighted by Gasteiger charge is -1.95. The van der Waals surface area contributed by atoms with Crippen LogP contribution in [0.1, 0.15) is 6.92 Å². The van der Waals surface area contributed by atoms with Gasteiger partial charge in [0.15, 0.2) is 4.32 Å². The molecule has 0 spiro atoms. The number of hydrazone groups is 1. The molecular weight excluding hydrogens is 220 g/mol. The molecule has 0 fully saturated rings. The summed E-state index contributed by atoms with van der Waals surface area (Å²) in [5.41, 5.74) is 13.3. The van der Waals surface area contributed by atoms with Crippen molar-refractivity contribution in [2.24, 2.45) is 26.8 Å². The van der Waals surface area contributed by atoms with E-state index >= 15 is 0 Å². The van der Waals surface area contributed by atoms with Gasteiger partial charge in [0.05, 0.1) is 11.9 Å². The Labute approximate surface area is 91.9 Å². The number of nitrogens with two attached hydrogens (primary N) is 2. The minimum absolute atomic E-state index is 0.0923. The summed E-state index contributed by atoms with van der Waals surface area (Å²) in [6, 6.07) is 0. The number of thioether (sulfide) groups is 1. The van der Waals surface area contributed by atoms with Gasteiger partial charge in [0.1, 0.15) is 0 Å². The van der Waals surface area contributed by atoms with Gasteiger partial charge in [0.25, 0.3) is 0 Å². The number of rotatable bonds is 3. The number of thiocarbonyl (C=S) groups is 1. The number of nitrogens with zero attached hydrogens (tertiary/aromatic N) is 3. The van der Waals surface area contributed by atoms with Crippen LogP contribution in [0.3, 0.4) is 0 Å². The van der Waals surface area contributed by atoms with Crippen LogP contribution in [-0.4, -0.2) is 28.5 Å². The molecule has 0 unspecified atom stereocenters. The minimum Gasteiger partial charge on any atom is -0.369 e. The van der Waals surface area contributed by atoms with E-state index < -0.39 is 0 Å². The van der Waals surface area contributed by atoms with Gasteiger partial charge in [-0.1, -0.05) is 24.0 Å². The average molecular weight is 232 g/mol. The molecule has 0 aromatic rings. The maximum absolute atomic E-state index is 5.08. The fraction of sp³-hybridized carbons (Fsp3) is 0.333. The molecule has 0 aromatic heterocycles. The normalized spacial score (nSPS) is 11.4. The molecule has 14 heavy (non-hydrogen) atoms. The van der Waals surface area contributed by atoms with Crippen molar-refractivity contribution in [2.75, 3.05) is 6.26 Å². The van der Waals surface area contributed by atoms with Gasteiger partial charge in [-0.3, -0.25) is 5.43 Å². The van der Waals surface area contributed by atoms with E-state index in [1.165, 1.54) is 18.0 Å². The Balaban J connectivity index is 4.05. The van der Waals surface area contributed by atoms with Gasteiger partial charge in [-0.25, -0.2) is 0 Å². The lowest BCUT2D eigenvalue weighted by atomic mass is 10.5. The smallest absolute Gasteiger partial charge is 0.211 e. The molecule has 0 radical (unpaired) electrons. The number of guanidine groups is 1. The second-order valence-corrected chi connectivity index (χ2v) is 3.61. The van der Waals surface area contributed by atoms with Crippen LogP contribution in [0.4, 0.5) is 0 Å². The van der Waals surface area contributed by atoms with Crippen molar-refractivity contribution >= 4 is 46.2 Å². The Morgan fingerprint density at radius 2 is 2.07 bits per heavy atom. The molecule has 0 aromatic carbocycles. The predicted molar refractivity (Wildman–Crippen MR) is 66.7 cm³/mol. The molecule has 8 heteroatoms. The Kier molecular flexibility index (Phi) is 6.68. The SMILES string of the molecule is CSC(=S)N/N=C\C(C)=N/N=C(N)N. The number of hydrogen-bond donors (Lipinski definition) is 3. The molecule has 0 aliphatic rings. The topological polar surface area (TPSA) is 101 Å². The minimum atomic E-state index is -0.0923. The van der Waals surface area contributed by atoms with Gasteiger partial charge in [0, 0.05) is 0 Å². The van der Waals surface area contributed by atoms with Crippen molar-refractivity contribution in [3.63, 3.8) is 0 Å². The van der Waals surface area contributed by atoms with Crippen LogP contribution < -0.4 is 16.9 Å². The van der Waals surface area contributed by atoms with Gasteiger partial charge in [0.2, 0.25) is 5.96 Å². The maximum Gasteiger partial charge on any atom is 0.211 e. The molecule has 0 saturated heterocycles. The first-order valence-corrected chi connectivity index (χ1v) is 5.19. The lowest BCUT2D eigenvalue weighted by Crippen LogP contribution is -2.22. The van der Waals surface area contributed by atoms with Crippen molar-refractivity contribution in [3.05, 3.63) is 0 Å². The largest absolute Gasteiger partial charge is 0.369 e. The van der Waals surface area contributed by atoms with E-state index in [0.29, 0.717) is 10.0 Å². The molecule has 0 heterocycles. The van der Waals surface area contributed by atoms with E-state index in [-0.39, 0.29) is 5.96 Å². The third-order valence-electron chi connectivity index (χ3n) is 0.916. The van der Waals surface area contributed by atoms with Crippen LogP contribution >= 0.6 is 24.0 Å². The van der Waals surface area contributed by atoms with Crippen LogP contribution in [-0.2, 0) is 0 Å². The summed E-state index contributed by atoms with van der Waals surface area (Å²) in [6.07, 6.45) is 3.32. The first-order chi connectivity index (χ1) is 6.56. The molecule has 0 bridgehead atoms. The third-order valence-corrected chi connectivity index (χ3v) is 1.97. The first-order valence-electron chi connectivity index (χ1n) is 3.56. The summed E-state index contributed by atoms with van der Waals surface area (Å²) in [6.45, 7) is 1.71. The summed E-state index contributed by atoms with van der Waals surface area (Å²) in [5.74, 6) is -0.0923. The van der Waals surface area contributed by atoms with Crippen molar-refractivity contribution in [1.82, 2.24) is 5.43 Å². The third kappa shape index (κ3) is 7.50. The Morgan fingerprint density at radius 1 is 1.43 bits per heavy atom. The Bertz CT molecular complexity index is 278. The van der Waals surface area contributed by atoms with Crippen molar-refractivity contribution in [3.8, 4) is 0 Å². The monoisotopic (exact) mass is 232 g/mol. The molecule has 0 aliphatic carbocycles. The number of hydrogen-bond acceptors (Lipinski definition) is 5. The van der Waals surface area contributed by atoms with Gasteiger partial charge < -0.3 is 11.5 Å².